The summed E-state index contributed by atoms with van der Waals surface area (Å²) in [4.78, 5) is 14.6. The molecule has 0 spiro atoms. The zero-order valence-corrected chi connectivity index (χ0v) is 11.5. The van der Waals surface area contributed by atoms with Crippen LogP contribution in [0.2, 0.25) is 0 Å². The van der Waals surface area contributed by atoms with Crippen LogP contribution in [0, 0.1) is 10.1 Å². The van der Waals surface area contributed by atoms with E-state index >= 15 is 0 Å². The van der Waals surface area contributed by atoms with Gasteiger partial charge >= 0.3 is 5.69 Å². The SMILES string of the molecule is CCCNc1ccc([N+](=O)[O-])c(NCCOCCO)n1. The van der Waals surface area contributed by atoms with E-state index in [-0.39, 0.29) is 24.7 Å². The summed E-state index contributed by atoms with van der Waals surface area (Å²) in [7, 11) is 0. The molecule has 20 heavy (non-hydrogen) atoms. The fraction of sp³-hybridized carbons (Fsp3) is 0.583. The molecule has 0 fully saturated rings. The molecule has 0 aromatic carbocycles. The molecule has 1 heterocycles. The molecule has 1 aromatic rings. The molecule has 0 aliphatic heterocycles. The molecule has 0 bridgehead atoms. The van der Waals surface area contributed by atoms with Gasteiger partial charge in [0.2, 0.25) is 5.82 Å². The lowest BCUT2D eigenvalue weighted by Gasteiger charge is -2.09. The summed E-state index contributed by atoms with van der Waals surface area (Å²) >= 11 is 0. The number of nitrogens with zero attached hydrogens (tertiary/aromatic N) is 2. The van der Waals surface area contributed by atoms with Gasteiger partial charge in [0.1, 0.15) is 5.82 Å². The molecule has 0 aliphatic carbocycles. The van der Waals surface area contributed by atoms with Gasteiger partial charge < -0.3 is 20.5 Å². The molecule has 0 saturated heterocycles. The highest BCUT2D eigenvalue weighted by molar-refractivity contribution is 5.60. The average Bonchev–Trinajstić information content (AvgIpc) is 2.44. The van der Waals surface area contributed by atoms with Crippen LogP contribution < -0.4 is 10.6 Å². The lowest BCUT2D eigenvalue weighted by molar-refractivity contribution is -0.384. The molecule has 0 aliphatic rings. The number of aliphatic hydroxyl groups excluding tert-OH is 1. The molecule has 0 amide bonds. The number of hydrogen-bond acceptors (Lipinski definition) is 7. The van der Waals surface area contributed by atoms with Gasteiger partial charge in [0.05, 0.1) is 24.7 Å². The van der Waals surface area contributed by atoms with Crippen molar-refractivity contribution in [2.24, 2.45) is 0 Å². The second-order valence-electron chi connectivity index (χ2n) is 4.01. The van der Waals surface area contributed by atoms with Gasteiger partial charge in [-0.1, -0.05) is 6.92 Å². The molecule has 0 saturated carbocycles. The first-order valence-corrected chi connectivity index (χ1v) is 6.50. The molecule has 3 N–H and O–H groups in total. The molecular weight excluding hydrogens is 264 g/mol. The predicted octanol–water partition coefficient (Wildman–Crippen LogP) is 1.23. The topological polar surface area (TPSA) is 110 Å². The normalized spacial score (nSPS) is 10.3. The monoisotopic (exact) mass is 284 g/mol. The Bertz CT molecular complexity index is 428. The summed E-state index contributed by atoms with van der Waals surface area (Å²) in [6.07, 6.45) is 0.941. The van der Waals surface area contributed by atoms with E-state index in [4.69, 9.17) is 9.84 Å². The Hall–Kier alpha value is -1.93. The summed E-state index contributed by atoms with van der Waals surface area (Å²) in [5.41, 5.74) is -0.0748. The van der Waals surface area contributed by atoms with Crippen LogP contribution in [0.15, 0.2) is 12.1 Å². The predicted molar refractivity (Wildman–Crippen MR) is 76.1 cm³/mol. The summed E-state index contributed by atoms with van der Waals surface area (Å²) in [5.74, 6) is 0.805. The van der Waals surface area contributed by atoms with Crippen molar-refractivity contribution >= 4 is 17.3 Å². The highest BCUT2D eigenvalue weighted by Gasteiger charge is 2.15. The Balaban J connectivity index is 2.65. The van der Waals surface area contributed by atoms with Crippen molar-refractivity contribution in [3.8, 4) is 0 Å². The van der Waals surface area contributed by atoms with Crippen LogP contribution in [-0.4, -0.2) is 47.9 Å². The maximum absolute atomic E-state index is 10.9. The fourth-order valence-corrected chi connectivity index (χ4v) is 1.49. The van der Waals surface area contributed by atoms with Gasteiger partial charge in [0, 0.05) is 19.2 Å². The number of pyridine rings is 1. The minimum absolute atomic E-state index is 0.0468. The lowest BCUT2D eigenvalue weighted by Crippen LogP contribution is -2.14. The summed E-state index contributed by atoms with van der Waals surface area (Å²) in [6, 6.07) is 3.00. The highest BCUT2D eigenvalue weighted by atomic mass is 16.6. The van der Waals surface area contributed by atoms with Gasteiger partial charge in [-0.05, 0) is 12.5 Å². The van der Waals surface area contributed by atoms with Crippen molar-refractivity contribution in [2.45, 2.75) is 13.3 Å². The number of ether oxygens (including phenoxy) is 1. The van der Waals surface area contributed by atoms with Gasteiger partial charge in [-0.3, -0.25) is 10.1 Å². The van der Waals surface area contributed by atoms with Crippen LogP contribution in [0.3, 0.4) is 0 Å². The van der Waals surface area contributed by atoms with E-state index in [1.165, 1.54) is 6.07 Å². The summed E-state index contributed by atoms with van der Waals surface area (Å²) < 4.78 is 5.07. The van der Waals surface area contributed by atoms with Crippen LogP contribution in [0.4, 0.5) is 17.3 Å². The maximum atomic E-state index is 10.9. The van der Waals surface area contributed by atoms with Crippen LogP contribution >= 0.6 is 0 Å². The van der Waals surface area contributed by atoms with E-state index < -0.39 is 4.92 Å². The van der Waals surface area contributed by atoms with Crippen molar-refractivity contribution in [1.82, 2.24) is 4.98 Å². The van der Waals surface area contributed by atoms with Crippen molar-refractivity contribution in [3.05, 3.63) is 22.2 Å². The smallest absolute Gasteiger partial charge is 0.311 e. The van der Waals surface area contributed by atoms with Gasteiger partial charge in [0.15, 0.2) is 0 Å². The van der Waals surface area contributed by atoms with Gasteiger partial charge in [-0.25, -0.2) is 4.98 Å². The zero-order chi connectivity index (χ0) is 14.8. The van der Waals surface area contributed by atoms with Gasteiger partial charge in [-0.2, -0.15) is 0 Å². The fourth-order valence-electron chi connectivity index (χ4n) is 1.49. The van der Waals surface area contributed by atoms with Crippen LogP contribution in [0.5, 0.6) is 0 Å². The lowest BCUT2D eigenvalue weighted by atomic mass is 10.3. The minimum Gasteiger partial charge on any atom is -0.394 e. The van der Waals surface area contributed by atoms with E-state index in [9.17, 15) is 10.1 Å². The van der Waals surface area contributed by atoms with Crippen LogP contribution in [0.25, 0.3) is 0 Å². The number of hydrogen-bond donors (Lipinski definition) is 3. The van der Waals surface area contributed by atoms with Crippen LogP contribution in [0.1, 0.15) is 13.3 Å². The second-order valence-corrected chi connectivity index (χ2v) is 4.01. The Kier molecular flexibility index (Phi) is 7.30. The number of nitrogens with one attached hydrogen (secondary N) is 2. The summed E-state index contributed by atoms with van der Waals surface area (Å²) in [6.45, 7) is 3.70. The molecule has 8 heteroatoms. The third kappa shape index (κ3) is 5.37. The third-order valence-corrected chi connectivity index (χ3v) is 2.40. The van der Waals surface area contributed by atoms with Crippen molar-refractivity contribution in [1.29, 1.82) is 0 Å². The zero-order valence-electron chi connectivity index (χ0n) is 11.5. The molecule has 0 radical (unpaired) electrons. The second kappa shape index (κ2) is 9.05. The quantitative estimate of drug-likeness (QED) is 0.337. The Morgan fingerprint density at radius 2 is 2.15 bits per heavy atom. The van der Waals surface area contributed by atoms with Gasteiger partial charge in [-0.15, -0.1) is 0 Å². The molecule has 112 valence electrons. The highest BCUT2D eigenvalue weighted by Crippen LogP contribution is 2.23. The van der Waals surface area contributed by atoms with Crippen molar-refractivity contribution in [3.63, 3.8) is 0 Å². The standard InChI is InChI=1S/C12H20N4O4/c1-2-5-13-11-4-3-10(16(18)19)12(15-11)14-6-8-20-9-7-17/h3-4,17H,2,5-9H2,1H3,(H2,13,14,15). The van der Waals surface area contributed by atoms with E-state index in [1.54, 1.807) is 6.07 Å². The van der Waals surface area contributed by atoms with Crippen molar-refractivity contribution < 1.29 is 14.8 Å². The number of anilines is 2. The summed E-state index contributed by atoms with van der Waals surface area (Å²) in [5, 5.41) is 25.4. The van der Waals surface area contributed by atoms with E-state index in [0.717, 1.165) is 13.0 Å². The first-order valence-electron chi connectivity index (χ1n) is 6.50. The van der Waals surface area contributed by atoms with E-state index in [0.29, 0.717) is 19.0 Å². The first-order chi connectivity index (χ1) is 9.69. The molecule has 0 unspecified atom stereocenters. The molecule has 0 atom stereocenters. The Morgan fingerprint density at radius 3 is 2.80 bits per heavy atom. The largest absolute Gasteiger partial charge is 0.394 e. The molecule has 1 aromatic heterocycles. The van der Waals surface area contributed by atoms with Crippen LogP contribution in [-0.2, 0) is 4.74 Å². The number of aliphatic hydroxyl groups is 1. The minimum atomic E-state index is -0.479. The Morgan fingerprint density at radius 1 is 1.35 bits per heavy atom. The van der Waals surface area contributed by atoms with E-state index in [2.05, 4.69) is 15.6 Å². The average molecular weight is 284 g/mol. The van der Waals surface area contributed by atoms with Gasteiger partial charge in [0.25, 0.3) is 0 Å². The molecule has 1 rings (SSSR count). The molecular formula is C12H20N4O4. The number of aromatic nitrogens is 1. The van der Waals surface area contributed by atoms with E-state index in [1.807, 2.05) is 6.92 Å². The molecule has 8 nitrogen and oxygen atoms in total. The van der Waals surface area contributed by atoms with Crippen molar-refractivity contribution in [2.75, 3.05) is 43.5 Å². The third-order valence-electron chi connectivity index (χ3n) is 2.40. The number of rotatable bonds is 10. The first kappa shape index (κ1) is 16.1. The Labute approximate surface area is 117 Å². The maximum Gasteiger partial charge on any atom is 0.311 e. The number of nitro groups is 1.